The smallest absolute Gasteiger partial charge is 0.313 e. The van der Waals surface area contributed by atoms with Gasteiger partial charge in [0, 0.05) is 5.02 Å². The summed E-state index contributed by atoms with van der Waals surface area (Å²) < 4.78 is 1.77. The van der Waals surface area contributed by atoms with E-state index in [-0.39, 0.29) is 5.75 Å². The maximum absolute atomic E-state index is 10.8. The zero-order valence-corrected chi connectivity index (χ0v) is 13.5. The van der Waals surface area contributed by atoms with Gasteiger partial charge in [0.25, 0.3) is 0 Å². The van der Waals surface area contributed by atoms with Crippen molar-refractivity contribution in [1.82, 2.24) is 9.78 Å². The molecule has 1 N–H and O–H groups in total. The zero-order chi connectivity index (χ0) is 15.4. The number of aromatic nitrogens is 2. The molecule has 0 fully saturated rings. The van der Waals surface area contributed by atoms with Crippen LogP contribution in [0, 0.1) is 6.92 Å². The van der Waals surface area contributed by atoms with E-state index in [4.69, 9.17) is 16.7 Å². The van der Waals surface area contributed by atoms with E-state index in [2.05, 4.69) is 12.0 Å². The molecule has 0 spiro atoms. The van der Waals surface area contributed by atoms with Crippen molar-refractivity contribution < 1.29 is 9.90 Å². The van der Waals surface area contributed by atoms with E-state index < -0.39 is 5.97 Å². The summed E-state index contributed by atoms with van der Waals surface area (Å²) in [5, 5.41) is 14.9. The molecule has 21 heavy (non-hydrogen) atoms. The Morgan fingerprint density at radius 1 is 1.43 bits per heavy atom. The molecule has 4 nitrogen and oxygen atoms in total. The third-order valence-electron chi connectivity index (χ3n) is 2.98. The van der Waals surface area contributed by atoms with Crippen LogP contribution in [-0.2, 0) is 11.2 Å². The van der Waals surface area contributed by atoms with Crippen LogP contribution in [0.1, 0.15) is 24.6 Å². The second-order valence-electron chi connectivity index (χ2n) is 4.75. The molecule has 1 heterocycles. The second-order valence-corrected chi connectivity index (χ2v) is 6.15. The molecule has 0 unspecified atom stereocenters. The van der Waals surface area contributed by atoms with Gasteiger partial charge in [-0.05, 0) is 37.1 Å². The van der Waals surface area contributed by atoms with E-state index in [1.807, 2.05) is 31.2 Å². The minimum absolute atomic E-state index is 0.0108. The molecule has 0 aliphatic rings. The quantitative estimate of drug-likeness (QED) is 0.817. The Morgan fingerprint density at radius 3 is 2.81 bits per heavy atom. The van der Waals surface area contributed by atoms with E-state index in [0.717, 1.165) is 34.8 Å². The van der Waals surface area contributed by atoms with Crippen molar-refractivity contribution in [3.05, 3.63) is 40.5 Å². The van der Waals surface area contributed by atoms with Crippen molar-refractivity contribution >= 4 is 29.3 Å². The van der Waals surface area contributed by atoms with Gasteiger partial charge in [0.05, 0.1) is 17.1 Å². The number of rotatable bonds is 6. The fourth-order valence-electron chi connectivity index (χ4n) is 1.93. The van der Waals surface area contributed by atoms with Gasteiger partial charge in [-0.25, -0.2) is 4.68 Å². The molecule has 0 amide bonds. The van der Waals surface area contributed by atoms with Crippen LogP contribution in [0.2, 0.25) is 5.02 Å². The monoisotopic (exact) mass is 324 g/mol. The summed E-state index contributed by atoms with van der Waals surface area (Å²) in [6.45, 7) is 4.03. The van der Waals surface area contributed by atoms with Gasteiger partial charge >= 0.3 is 5.97 Å². The van der Waals surface area contributed by atoms with Crippen LogP contribution in [0.25, 0.3) is 5.69 Å². The Labute approximate surface area is 133 Å². The highest BCUT2D eigenvalue weighted by atomic mass is 35.5. The maximum atomic E-state index is 10.8. The van der Waals surface area contributed by atoms with Crippen LogP contribution in [0.15, 0.2) is 29.3 Å². The fourth-order valence-corrected chi connectivity index (χ4v) is 2.86. The Bertz CT molecular complexity index is 655. The number of thioether (sulfide) groups is 1. The Morgan fingerprint density at radius 2 is 2.19 bits per heavy atom. The third-order valence-corrected chi connectivity index (χ3v) is 4.36. The van der Waals surface area contributed by atoms with E-state index in [1.165, 1.54) is 11.8 Å². The first-order chi connectivity index (χ1) is 10.0. The van der Waals surface area contributed by atoms with Crippen molar-refractivity contribution in [3.8, 4) is 5.69 Å². The summed E-state index contributed by atoms with van der Waals surface area (Å²) >= 11 is 7.43. The molecule has 2 rings (SSSR count). The maximum Gasteiger partial charge on any atom is 0.313 e. The normalized spacial score (nSPS) is 10.8. The van der Waals surface area contributed by atoms with E-state index in [0.29, 0.717) is 5.02 Å². The number of halogens is 1. The highest BCUT2D eigenvalue weighted by molar-refractivity contribution is 7.99. The summed E-state index contributed by atoms with van der Waals surface area (Å²) in [7, 11) is 0. The molecule has 0 aliphatic carbocycles. The number of hydrogen-bond donors (Lipinski definition) is 1. The van der Waals surface area contributed by atoms with Crippen LogP contribution in [0.4, 0.5) is 0 Å². The average molecular weight is 325 g/mol. The summed E-state index contributed by atoms with van der Waals surface area (Å²) in [6, 6.07) is 7.68. The van der Waals surface area contributed by atoms with Crippen LogP contribution in [0.3, 0.4) is 0 Å². The van der Waals surface area contributed by atoms with Crippen LogP contribution < -0.4 is 0 Å². The van der Waals surface area contributed by atoms with Crippen molar-refractivity contribution in [2.45, 2.75) is 31.7 Å². The topological polar surface area (TPSA) is 55.1 Å². The largest absolute Gasteiger partial charge is 0.481 e. The molecule has 1 aromatic carbocycles. The lowest BCUT2D eigenvalue weighted by Gasteiger charge is -2.07. The van der Waals surface area contributed by atoms with Crippen molar-refractivity contribution in [2.24, 2.45) is 0 Å². The van der Waals surface area contributed by atoms with E-state index in [1.54, 1.807) is 4.68 Å². The number of benzene rings is 1. The van der Waals surface area contributed by atoms with Gasteiger partial charge in [-0.15, -0.1) is 0 Å². The van der Waals surface area contributed by atoms with Gasteiger partial charge in [0.15, 0.2) is 0 Å². The molecule has 0 bridgehead atoms. The van der Waals surface area contributed by atoms with Gasteiger partial charge in [0.2, 0.25) is 0 Å². The first kappa shape index (κ1) is 15.9. The number of carboxylic acid groups (broad SMARTS) is 1. The Balaban J connectivity index is 2.38. The van der Waals surface area contributed by atoms with Gasteiger partial charge in [-0.1, -0.05) is 42.8 Å². The van der Waals surface area contributed by atoms with Crippen molar-refractivity contribution in [3.63, 3.8) is 0 Å². The molecular weight excluding hydrogens is 308 g/mol. The number of carboxylic acids is 1. The summed E-state index contributed by atoms with van der Waals surface area (Å²) in [5.74, 6) is -0.830. The number of hydrogen-bond acceptors (Lipinski definition) is 3. The highest BCUT2D eigenvalue weighted by Crippen LogP contribution is 2.26. The molecule has 1 aromatic heterocycles. The standard InChI is InChI=1S/C15H17ClN2O2S/c1-3-4-11-7-14(21-9-15(19)20)18(17-11)12-6-5-10(2)13(16)8-12/h5-8H,3-4,9H2,1-2H3,(H,19,20). The molecular formula is C15H17ClN2O2S. The van der Waals surface area contributed by atoms with E-state index >= 15 is 0 Å². The summed E-state index contributed by atoms with van der Waals surface area (Å²) in [6.07, 6.45) is 1.86. The Hall–Kier alpha value is -1.46. The van der Waals surface area contributed by atoms with Gasteiger partial charge < -0.3 is 5.11 Å². The number of carbonyl (C=O) groups is 1. The fraction of sp³-hybridized carbons (Fsp3) is 0.333. The number of aryl methyl sites for hydroxylation is 2. The number of nitrogens with zero attached hydrogens (tertiary/aromatic N) is 2. The van der Waals surface area contributed by atoms with Crippen LogP contribution in [0.5, 0.6) is 0 Å². The first-order valence-electron chi connectivity index (χ1n) is 6.71. The molecule has 0 aliphatic heterocycles. The Kier molecular flexibility index (Phi) is 5.31. The predicted molar refractivity (Wildman–Crippen MR) is 85.7 cm³/mol. The zero-order valence-electron chi connectivity index (χ0n) is 12.0. The molecule has 6 heteroatoms. The first-order valence-corrected chi connectivity index (χ1v) is 8.07. The molecule has 0 saturated heterocycles. The van der Waals surface area contributed by atoms with Crippen molar-refractivity contribution in [1.29, 1.82) is 0 Å². The van der Waals surface area contributed by atoms with Crippen LogP contribution in [-0.4, -0.2) is 26.6 Å². The summed E-state index contributed by atoms with van der Waals surface area (Å²) in [4.78, 5) is 10.8. The molecule has 0 radical (unpaired) electrons. The lowest BCUT2D eigenvalue weighted by atomic mass is 10.2. The number of aliphatic carboxylic acids is 1. The molecule has 2 aromatic rings. The van der Waals surface area contributed by atoms with Gasteiger partial charge in [-0.2, -0.15) is 5.10 Å². The third kappa shape index (κ3) is 4.02. The SMILES string of the molecule is CCCc1cc(SCC(=O)O)n(-c2ccc(C)c(Cl)c2)n1. The van der Waals surface area contributed by atoms with Gasteiger partial charge in [-0.3, -0.25) is 4.79 Å². The molecule has 0 atom stereocenters. The van der Waals surface area contributed by atoms with Crippen molar-refractivity contribution in [2.75, 3.05) is 5.75 Å². The minimum Gasteiger partial charge on any atom is -0.481 e. The molecule has 112 valence electrons. The second kappa shape index (κ2) is 7.00. The predicted octanol–water partition coefficient (Wildman–Crippen LogP) is 3.96. The van der Waals surface area contributed by atoms with Gasteiger partial charge in [0.1, 0.15) is 5.03 Å². The lowest BCUT2D eigenvalue weighted by Crippen LogP contribution is -2.02. The van der Waals surface area contributed by atoms with E-state index in [9.17, 15) is 4.79 Å². The highest BCUT2D eigenvalue weighted by Gasteiger charge is 2.12. The molecule has 0 saturated carbocycles. The lowest BCUT2D eigenvalue weighted by molar-refractivity contribution is -0.133. The minimum atomic E-state index is -0.841. The average Bonchev–Trinajstić information content (AvgIpc) is 2.83. The van der Waals surface area contributed by atoms with Crippen LogP contribution >= 0.6 is 23.4 Å². The summed E-state index contributed by atoms with van der Waals surface area (Å²) in [5.41, 5.74) is 2.81.